The summed E-state index contributed by atoms with van der Waals surface area (Å²) in [6.45, 7) is 1.88. The molecule has 0 saturated carbocycles. The summed E-state index contributed by atoms with van der Waals surface area (Å²) < 4.78 is 14.0. The molecule has 3 rings (SSSR count). The Morgan fingerprint density at radius 2 is 1.95 bits per heavy atom. The van der Waals surface area contributed by atoms with Crippen LogP contribution in [0.4, 0.5) is 21.5 Å². The largest absolute Gasteiger partial charge is 0.399 e. The molecule has 0 unspecified atom stereocenters. The van der Waals surface area contributed by atoms with E-state index in [0.29, 0.717) is 11.4 Å². The highest BCUT2D eigenvalue weighted by Crippen LogP contribution is 2.30. The highest BCUT2D eigenvalue weighted by molar-refractivity contribution is 6.31. The summed E-state index contributed by atoms with van der Waals surface area (Å²) in [7, 11) is 0. The monoisotopic (exact) mass is 301 g/mol. The molecular formula is C16H13ClFN3. The first-order chi connectivity index (χ1) is 10.0. The van der Waals surface area contributed by atoms with E-state index in [0.717, 1.165) is 22.3 Å². The molecule has 3 aromatic rings. The summed E-state index contributed by atoms with van der Waals surface area (Å²) in [5.74, 6) is -0.481. The predicted molar refractivity (Wildman–Crippen MR) is 85.6 cm³/mol. The van der Waals surface area contributed by atoms with Gasteiger partial charge in [-0.2, -0.15) is 0 Å². The first-order valence-corrected chi connectivity index (χ1v) is 6.80. The highest BCUT2D eigenvalue weighted by Gasteiger charge is 2.09. The standard InChI is InChI=1S/C16H13ClFN3/c1-9-7-15(11-8-10(19)5-6-13(11)20-9)21-14-4-2-3-12(17)16(14)18/h2-8H,19H2,1H3,(H,20,21). The SMILES string of the molecule is Cc1cc(Nc2cccc(Cl)c2F)c2cc(N)ccc2n1. The number of fused-ring (bicyclic) bond motifs is 1. The van der Waals surface area contributed by atoms with E-state index < -0.39 is 5.82 Å². The van der Waals surface area contributed by atoms with Gasteiger partial charge < -0.3 is 11.1 Å². The lowest BCUT2D eigenvalue weighted by Crippen LogP contribution is -1.98. The van der Waals surface area contributed by atoms with Gasteiger partial charge in [0.05, 0.1) is 16.2 Å². The van der Waals surface area contributed by atoms with Crippen molar-refractivity contribution in [3.8, 4) is 0 Å². The second kappa shape index (κ2) is 5.22. The van der Waals surface area contributed by atoms with Crippen molar-refractivity contribution in [3.05, 3.63) is 59.0 Å². The first-order valence-electron chi connectivity index (χ1n) is 6.42. The number of nitrogen functional groups attached to an aromatic ring is 1. The molecule has 0 aliphatic carbocycles. The molecule has 0 aliphatic rings. The summed E-state index contributed by atoms with van der Waals surface area (Å²) in [6, 6.07) is 12.1. The van der Waals surface area contributed by atoms with Crippen molar-refractivity contribution in [1.29, 1.82) is 0 Å². The third kappa shape index (κ3) is 2.62. The minimum Gasteiger partial charge on any atom is -0.399 e. The summed E-state index contributed by atoms with van der Waals surface area (Å²) in [5, 5.41) is 3.98. The number of halogens is 2. The molecule has 21 heavy (non-hydrogen) atoms. The molecule has 1 heterocycles. The molecule has 3 nitrogen and oxygen atoms in total. The Hall–Kier alpha value is -2.33. The van der Waals surface area contributed by atoms with Gasteiger partial charge in [0.2, 0.25) is 0 Å². The average molecular weight is 302 g/mol. The van der Waals surface area contributed by atoms with Gasteiger partial charge in [0.15, 0.2) is 5.82 Å². The van der Waals surface area contributed by atoms with Gasteiger partial charge in [-0.3, -0.25) is 4.98 Å². The number of anilines is 3. The summed E-state index contributed by atoms with van der Waals surface area (Å²) in [4.78, 5) is 4.44. The van der Waals surface area contributed by atoms with Crippen molar-refractivity contribution in [2.24, 2.45) is 0 Å². The topological polar surface area (TPSA) is 50.9 Å². The van der Waals surface area contributed by atoms with Crippen LogP contribution in [-0.2, 0) is 0 Å². The molecule has 106 valence electrons. The zero-order valence-corrected chi connectivity index (χ0v) is 12.1. The fourth-order valence-corrected chi connectivity index (χ4v) is 2.40. The van der Waals surface area contributed by atoms with Crippen LogP contribution in [0.15, 0.2) is 42.5 Å². The van der Waals surface area contributed by atoms with Crippen LogP contribution in [-0.4, -0.2) is 4.98 Å². The molecule has 5 heteroatoms. The van der Waals surface area contributed by atoms with Crippen LogP contribution in [0.25, 0.3) is 10.9 Å². The number of aryl methyl sites for hydroxylation is 1. The number of nitrogens with one attached hydrogen (secondary N) is 1. The van der Waals surface area contributed by atoms with Crippen LogP contribution in [0, 0.1) is 12.7 Å². The van der Waals surface area contributed by atoms with Crippen LogP contribution in [0.3, 0.4) is 0 Å². The minimum absolute atomic E-state index is 0.0783. The van der Waals surface area contributed by atoms with Crippen LogP contribution in [0.1, 0.15) is 5.69 Å². The molecule has 2 aromatic carbocycles. The van der Waals surface area contributed by atoms with E-state index in [1.807, 2.05) is 25.1 Å². The third-order valence-corrected chi connectivity index (χ3v) is 3.47. The molecule has 0 atom stereocenters. The molecule has 0 aliphatic heterocycles. The van der Waals surface area contributed by atoms with Gasteiger partial charge in [-0.05, 0) is 43.3 Å². The van der Waals surface area contributed by atoms with Crippen molar-refractivity contribution in [3.63, 3.8) is 0 Å². The molecule has 0 amide bonds. The number of nitrogens with two attached hydrogens (primary N) is 1. The summed E-state index contributed by atoms with van der Waals surface area (Å²) in [6.07, 6.45) is 0. The third-order valence-electron chi connectivity index (χ3n) is 3.18. The predicted octanol–water partition coefficient (Wildman–Crippen LogP) is 4.66. The van der Waals surface area contributed by atoms with Crippen molar-refractivity contribution < 1.29 is 4.39 Å². The highest BCUT2D eigenvalue weighted by atomic mass is 35.5. The van der Waals surface area contributed by atoms with E-state index in [2.05, 4.69) is 10.3 Å². The van der Waals surface area contributed by atoms with Crippen molar-refractivity contribution >= 4 is 39.6 Å². The first kappa shape index (κ1) is 13.6. The Morgan fingerprint density at radius 3 is 2.76 bits per heavy atom. The second-order valence-corrected chi connectivity index (χ2v) is 5.22. The lowest BCUT2D eigenvalue weighted by molar-refractivity contribution is 0.632. The van der Waals surface area contributed by atoms with Gasteiger partial charge in [-0.1, -0.05) is 17.7 Å². The molecule has 0 bridgehead atoms. The van der Waals surface area contributed by atoms with E-state index in [4.69, 9.17) is 17.3 Å². The van der Waals surface area contributed by atoms with E-state index in [1.165, 1.54) is 6.07 Å². The number of nitrogens with zero attached hydrogens (tertiary/aromatic N) is 1. The maximum absolute atomic E-state index is 14.0. The van der Waals surface area contributed by atoms with Gasteiger partial charge in [0.25, 0.3) is 0 Å². The second-order valence-electron chi connectivity index (χ2n) is 4.81. The Morgan fingerprint density at radius 1 is 1.14 bits per heavy atom. The van der Waals surface area contributed by atoms with E-state index >= 15 is 0 Å². The van der Waals surface area contributed by atoms with Crippen LogP contribution in [0.2, 0.25) is 5.02 Å². The zero-order chi connectivity index (χ0) is 15.0. The number of pyridine rings is 1. The molecule has 0 fully saturated rings. The number of rotatable bonds is 2. The van der Waals surface area contributed by atoms with Crippen molar-refractivity contribution in [2.75, 3.05) is 11.1 Å². The summed E-state index contributed by atoms with van der Waals surface area (Å²) >= 11 is 5.81. The molecule has 0 saturated heterocycles. The smallest absolute Gasteiger partial charge is 0.165 e. The zero-order valence-electron chi connectivity index (χ0n) is 11.3. The lowest BCUT2D eigenvalue weighted by atomic mass is 10.1. The Labute approximate surface area is 126 Å². The van der Waals surface area contributed by atoms with Crippen LogP contribution < -0.4 is 11.1 Å². The molecule has 3 N–H and O–H groups in total. The Bertz CT molecular complexity index is 833. The van der Waals surface area contributed by atoms with Crippen LogP contribution >= 0.6 is 11.6 Å². The van der Waals surface area contributed by atoms with E-state index in [9.17, 15) is 4.39 Å². The normalized spacial score (nSPS) is 10.8. The molecular weight excluding hydrogens is 289 g/mol. The maximum atomic E-state index is 14.0. The van der Waals surface area contributed by atoms with Crippen LogP contribution in [0.5, 0.6) is 0 Å². The fourth-order valence-electron chi connectivity index (χ4n) is 2.22. The molecule has 0 radical (unpaired) electrons. The van der Waals surface area contributed by atoms with Crippen molar-refractivity contribution in [2.45, 2.75) is 6.92 Å². The van der Waals surface area contributed by atoms with E-state index in [1.54, 1.807) is 18.2 Å². The number of aromatic nitrogens is 1. The quantitative estimate of drug-likeness (QED) is 0.677. The van der Waals surface area contributed by atoms with E-state index in [-0.39, 0.29) is 5.02 Å². The maximum Gasteiger partial charge on any atom is 0.165 e. The fraction of sp³-hybridized carbons (Fsp3) is 0.0625. The lowest BCUT2D eigenvalue weighted by Gasteiger charge is -2.12. The average Bonchev–Trinajstić information content (AvgIpc) is 2.44. The van der Waals surface area contributed by atoms with Gasteiger partial charge in [-0.25, -0.2) is 4.39 Å². The van der Waals surface area contributed by atoms with Crippen molar-refractivity contribution in [1.82, 2.24) is 4.98 Å². The number of benzene rings is 2. The Kier molecular flexibility index (Phi) is 3.39. The Balaban J connectivity index is 2.15. The number of hydrogen-bond donors (Lipinski definition) is 2. The molecule has 1 aromatic heterocycles. The van der Waals surface area contributed by atoms with Gasteiger partial charge in [0, 0.05) is 22.5 Å². The number of hydrogen-bond acceptors (Lipinski definition) is 3. The van der Waals surface area contributed by atoms with Gasteiger partial charge in [-0.15, -0.1) is 0 Å². The van der Waals surface area contributed by atoms with Gasteiger partial charge >= 0.3 is 0 Å². The van der Waals surface area contributed by atoms with Gasteiger partial charge in [0.1, 0.15) is 0 Å². The molecule has 0 spiro atoms. The minimum atomic E-state index is -0.481. The summed E-state index contributed by atoms with van der Waals surface area (Å²) in [5.41, 5.74) is 9.14.